The highest BCUT2D eigenvalue weighted by Crippen LogP contribution is 2.11. The highest BCUT2D eigenvalue weighted by molar-refractivity contribution is 7.80. The van der Waals surface area contributed by atoms with E-state index in [-0.39, 0.29) is 11.2 Å². The van der Waals surface area contributed by atoms with Crippen LogP contribution in [0.1, 0.15) is 6.92 Å². The lowest BCUT2D eigenvalue weighted by atomic mass is 10.4. The maximum absolute atomic E-state index is 11.7. The Bertz CT molecular complexity index is 186. The van der Waals surface area contributed by atoms with Gasteiger partial charge >= 0.3 is 6.18 Å². The summed E-state index contributed by atoms with van der Waals surface area (Å²) in [5.74, 6) is 0. The quantitative estimate of drug-likeness (QED) is 0.707. The third-order valence-corrected chi connectivity index (χ3v) is 1.51. The standard InChI is InChI=1S/C7H13F3N2OS/c1-5(3-13-2)12-6(14)11-4-7(8,9)10/h5H,3-4H2,1-2H3,(H2,11,12,14). The first-order valence-electron chi connectivity index (χ1n) is 3.95. The molecule has 0 saturated carbocycles. The SMILES string of the molecule is COCC(C)NC(=S)NCC(F)(F)F. The Morgan fingerprint density at radius 1 is 1.50 bits per heavy atom. The first-order chi connectivity index (χ1) is 6.35. The lowest BCUT2D eigenvalue weighted by molar-refractivity contribution is -0.122. The van der Waals surface area contributed by atoms with Crippen molar-refractivity contribution in [2.24, 2.45) is 0 Å². The second-order valence-electron chi connectivity index (χ2n) is 2.80. The number of alkyl halides is 3. The van der Waals surface area contributed by atoms with Gasteiger partial charge in [0.25, 0.3) is 0 Å². The van der Waals surface area contributed by atoms with Crippen molar-refractivity contribution < 1.29 is 17.9 Å². The molecule has 0 aliphatic rings. The second kappa shape index (κ2) is 6.02. The molecule has 1 atom stereocenters. The molecule has 0 aromatic heterocycles. The van der Waals surface area contributed by atoms with Gasteiger partial charge in [-0.3, -0.25) is 0 Å². The fourth-order valence-corrected chi connectivity index (χ4v) is 1.02. The van der Waals surface area contributed by atoms with Crippen LogP contribution in [0.4, 0.5) is 13.2 Å². The van der Waals surface area contributed by atoms with Crippen molar-refractivity contribution in [1.82, 2.24) is 10.6 Å². The molecule has 0 saturated heterocycles. The molecule has 0 amide bonds. The van der Waals surface area contributed by atoms with E-state index in [1.165, 1.54) is 7.11 Å². The van der Waals surface area contributed by atoms with Gasteiger partial charge in [-0.25, -0.2) is 0 Å². The largest absolute Gasteiger partial charge is 0.405 e. The number of rotatable bonds is 4. The monoisotopic (exact) mass is 230 g/mol. The summed E-state index contributed by atoms with van der Waals surface area (Å²) >= 11 is 4.63. The molecule has 0 bridgehead atoms. The van der Waals surface area contributed by atoms with Crippen LogP contribution in [-0.4, -0.2) is 37.6 Å². The van der Waals surface area contributed by atoms with Crippen molar-refractivity contribution in [2.75, 3.05) is 20.3 Å². The Hall–Kier alpha value is -0.560. The Morgan fingerprint density at radius 2 is 2.07 bits per heavy atom. The normalized spacial score (nSPS) is 13.5. The number of nitrogens with one attached hydrogen (secondary N) is 2. The maximum atomic E-state index is 11.7. The Kier molecular flexibility index (Phi) is 5.78. The van der Waals surface area contributed by atoms with Gasteiger partial charge in [-0.05, 0) is 19.1 Å². The summed E-state index contributed by atoms with van der Waals surface area (Å²) < 4.78 is 40.0. The molecule has 0 fully saturated rings. The van der Waals surface area contributed by atoms with Crippen LogP contribution >= 0.6 is 12.2 Å². The zero-order chi connectivity index (χ0) is 11.2. The van der Waals surface area contributed by atoms with Crippen molar-refractivity contribution in [3.05, 3.63) is 0 Å². The zero-order valence-electron chi connectivity index (χ0n) is 7.94. The van der Waals surface area contributed by atoms with Crippen LogP contribution in [0.25, 0.3) is 0 Å². The minimum atomic E-state index is -4.25. The molecule has 0 heterocycles. The fourth-order valence-electron chi connectivity index (χ4n) is 0.747. The number of methoxy groups -OCH3 is 1. The lowest BCUT2D eigenvalue weighted by Gasteiger charge is -2.16. The Balaban J connectivity index is 3.65. The van der Waals surface area contributed by atoms with Gasteiger partial charge in [-0.2, -0.15) is 13.2 Å². The fraction of sp³-hybridized carbons (Fsp3) is 0.857. The average Bonchev–Trinajstić information content (AvgIpc) is 2.00. The molecule has 14 heavy (non-hydrogen) atoms. The van der Waals surface area contributed by atoms with E-state index in [2.05, 4.69) is 22.9 Å². The van der Waals surface area contributed by atoms with E-state index in [1.807, 2.05) is 0 Å². The number of hydrogen-bond acceptors (Lipinski definition) is 2. The van der Waals surface area contributed by atoms with Crippen LogP contribution in [0.5, 0.6) is 0 Å². The van der Waals surface area contributed by atoms with Gasteiger partial charge in [0.1, 0.15) is 6.54 Å². The average molecular weight is 230 g/mol. The van der Waals surface area contributed by atoms with Gasteiger partial charge in [0.05, 0.1) is 6.61 Å². The van der Waals surface area contributed by atoms with Crippen LogP contribution in [0.15, 0.2) is 0 Å². The third-order valence-electron chi connectivity index (χ3n) is 1.24. The van der Waals surface area contributed by atoms with Crippen molar-refractivity contribution >= 4 is 17.3 Å². The van der Waals surface area contributed by atoms with E-state index in [1.54, 1.807) is 6.92 Å². The highest BCUT2D eigenvalue weighted by atomic mass is 32.1. The molecule has 0 rings (SSSR count). The van der Waals surface area contributed by atoms with Gasteiger partial charge in [0.15, 0.2) is 5.11 Å². The van der Waals surface area contributed by atoms with Crippen molar-refractivity contribution in [3.8, 4) is 0 Å². The van der Waals surface area contributed by atoms with Crippen LogP contribution < -0.4 is 10.6 Å². The minimum Gasteiger partial charge on any atom is -0.383 e. The smallest absolute Gasteiger partial charge is 0.383 e. The summed E-state index contributed by atoms with van der Waals surface area (Å²) in [5.41, 5.74) is 0. The Labute approximate surface area is 86.0 Å². The molecule has 0 aromatic rings. The molecule has 2 N–H and O–H groups in total. The van der Waals surface area contributed by atoms with E-state index >= 15 is 0 Å². The molecule has 0 spiro atoms. The molecule has 0 aliphatic heterocycles. The molecular formula is C7H13F3N2OS. The van der Waals surface area contributed by atoms with Gasteiger partial charge in [-0.1, -0.05) is 0 Å². The zero-order valence-corrected chi connectivity index (χ0v) is 8.76. The molecule has 84 valence electrons. The predicted octanol–water partition coefficient (Wildman–Crippen LogP) is 1.05. The van der Waals surface area contributed by atoms with Crippen molar-refractivity contribution in [2.45, 2.75) is 19.1 Å². The van der Waals surface area contributed by atoms with E-state index in [4.69, 9.17) is 4.74 Å². The number of halogens is 3. The molecule has 3 nitrogen and oxygen atoms in total. The van der Waals surface area contributed by atoms with Crippen LogP contribution in [0.3, 0.4) is 0 Å². The van der Waals surface area contributed by atoms with E-state index in [0.717, 1.165) is 0 Å². The maximum Gasteiger partial charge on any atom is 0.405 e. The lowest BCUT2D eigenvalue weighted by Crippen LogP contribution is -2.45. The van der Waals surface area contributed by atoms with Gasteiger partial charge in [-0.15, -0.1) is 0 Å². The first-order valence-corrected chi connectivity index (χ1v) is 4.36. The van der Waals surface area contributed by atoms with Crippen molar-refractivity contribution in [1.29, 1.82) is 0 Å². The second-order valence-corrected chi connectivity index (χ2v) is 3.21. The topological polar surface area (TPSA) is 33.3 Å². The molecule has 1 unspecified atom stereocenters. The molecule has 0 aromatic carbocycles. The predicted molar refractivity (Wildman–Crippen MR) is 51.1 cm³/mol. The van der Waals surface area contributed by atoms with Crippen LogP contribution in [-0.2, 0) is 4.74 Å². The molecule has 0 aliphatic carbocycles. The summed E-state index contributed by atoms with van der Waals surface area (Å²) in [5, 5.41) is 4.68. The van der Waals surface area contributed by atoms with E-state index in [0.29, 0.717) is 6.61 Å². The molecule has 0 radical (unpaired) electrons. The number of hydrogen-bond donors (Lipinski definition) is 2. The highest BCUT2D eigenvalue weighted by Gasteiger charge is 2.27. The van der Waals surface area contributed by atoms with Crippen LogP contribution in [0.2, 0.25) is 0 Å². The van der Waals surface area contributed by atoms with E-state index in [9.17, 15) is 13.2 Å². The van der Waals surface area contributed by atoms with Gasteiger partial charge < -0.3 is 15.4 Å². The molecular weight excluding hydrogens is 217 g/mol. The first kappa shape index (κ1) is 13.4. The Morgan fingerprint density at radius 3 is 2.50 bits per heavy atom. The summed E-state index contributed by atoms with van der Waals surface area (Å²) in [6, 6.07) is -0.117. The molecule has 7 heteroatoms. The van der Waals surface area contributed by atoms with E-state index < -0.39 is 12.7 Å². The summed E-state index contributed by atoms with van der Waals surface area (Å²) in [7, 11) is 1.50. The number of ether oxygens (including phenoxy) is 1. The van der Waals surface area contributed by atoms with Gasteiger partial charge in [0, 0.05) is 13.2 Å². The minimum absolute atomic E-state index is 0.0214. The summed E-state index contributed by atoms with van der Waals surface area (Å²) in [6.45, 7) is 1.01. The summed E-state index contributed by atoms with van der Waals surface area (Å²) in [4.78, 5) is 0. The summed E-state index contributed by atoms with van der Waals surface area (Å²) in [6.07, 6.45) is -4.25. The number of thiocarbonyl (C=S) groups is 1. The van der Waals surface area contributed by atoms with Crippen molar-refractivity contribution in [3.63, 3.8) is 0 Å². The third kappa shape index (κ3) is 8.06. The van der Waals surface area contributed by atoms with Crippen LogP contribution in [0, 0.1) is 0 Å². The van der Waals surface area contributed by atoms with Gasteiger partial charge in [0.2, 0.25) is 0 Å².